The summed E-state index contributed by atoms with van der Waals surface area (Å²) < 4.78 is 6.61. The number of carbonyl (C=O) groups excluding carboxylic acids is 1. The van der Waals surface area contributed by atoms with E-state index in [0.717, 1.165) is 16.9 Å². The zero-order valence-electron chi connectivity index (χ0n) is 16.3. The van der Waals surface area contributed by atoms with Crippen LogP contribution >= 0.6 is 0 Å². The molecule has 0 radical (unpaired) electrons. The number of hydrogen-bond donors (Lipinski definition) is 1. The minimum absolute atomic E-state index is 0.149. The van der Waals surface area contributed by atoms with Gasteiger partial charge in [-0.3, -0.25) is 14.3 Å². The Morgan fingerprint density at radius 1 is 1.10 bits per heavy atom. The highest BCUT2D eigenvalue weighted by molar-refractivity contribution is 6.07. The molecule has 2 heterocycles. The van der Waals surface area contributed by atoms with Crippen LogP contribution in [0.5, 0.6) is 5.75 Å². The van der Waals surface area contributed by atoms with Gasteiger partial charge >= 0.3 is 5.69 Å². The average molecular weight is 397 g/mol. The Hall–Kier alpha value is -4.19. The standard InChI is InChI=1S/C24H19N3O3/c1-30-21-10-7-17(8-11-21)9-12-23(28)18-4-2-6-20(14-18)27-16-22(26-24(27)29)19-5-3-13-25-15-19/h2-16H,1H3,(H,26,29)/b12-9+. The molecule has 2 aromatic carbocycles. The maximum Gasteiger partial charge on any atom is 0.330 e. The van der Waals surface area contributed by atoms with E-state index in [2.05, 4.69) is 9.97 Å². The molecule has 0 fully saturated rings. The first kappa shape index (κ1) is 19.1. The molecule has 0 spiro atoms. The number of pyridine rings is 1. The van der Waals surface area contributed by atoms with Gasteiger partial charge in [0.25, 0.3) is 0 Å². The van der Waals surface area contributed by atoms with Gasteiger partial charge in [-0.05, 0) is 48.0 Å². The van der Waals surface area contributed by atoms with Gasteiger partial charge in [-0.15, -0.1) is 0 Å². The Morgan fingerprint density at radius 3 is 2.67 bits per heavy atom. The molecule has 0 unspecified atom stereocenters. The largest absolute Gasteiger partial charge is 0.497 e. The lowest BCUT2D eigenvalue weighted by Gasteiger charge is -2.03. The number of hydrogen-bond acceptors (Lipinski definition) is 4. The van der Waals surface area contributed by atoms with Gasteiger partial charge in [0.1, 0.15) is 5.75 Å². The minimum Gasteiger partial charge on any atom is -0.497 e. The summed E-state index contributed by atoms with van der Waals surface area (Å²) in [4.78, 5) is 32.0. The van der Waals surface area contributed by atoms with Crippen molar-refractivity contribution in [2.75, 3.05) is 7.11 Å². The number of aromatic amines is 1. The summed E-state index contributed by atoms with van der Waals surface area (Å²) in [6.07, 6.45) is 8.32. The maximum atomic E-state index is 12.6. The first-order valence-corrected chi connectivity index (χ1v) is 9.33. The first-order valence-electron chi connectivity index (χ1n) is 9.33. The third kappa shape index (κ3) is 4.12. The zero-order valence-corrected chi connectivity index (χ0v) is 16.3. The minimum atomic E-state index is -0.285. The molecule has 6 heteroatoms. The van der Waals surface area contributed by atoms with E-state index in [1.807, 2.05) is 30.3 Å². The summed E-state index contributed by atoms with van der Waals surface area (Å²) in [5, 5.41) is 0. The van der Waals surface area contributed by atoms with Gasteiger partial charge in [0.05, 0.1) is 18.5 Å². The number of carbonyl (C=O) groups is 1. The number of H-pyrrole nitrogens is 1. The zero-order chi connectivity index (χ0) is 20.9. The lowest BCUT2D eigenvalue weighted by atomic mass is 10.1. The van der Waals surface area contributed by atoms with Crippen molar-refractivity contribution < 1.29 is 9.53 Å². The number of nitrogens with one attached hydrogen (secondary N) is 1. The van der Waals surface area contributed by atoms with E-state index < -0.39 is 0 Å². The molecule has 0 aliphatic heterocycles. The van der Waals surface area contributed by atoms with E-state index in [9.17, 15) is 9.59 Å². The van der Waals surface area contributed by atoms with Crippen molar-refractivity contribution in [2.45, 2.75) is 0 Å². The highest BCUT2D eigenvalue weighted by Crippen LogP contribution is 2.17. The average Bonchev–Trinajstić information content (AvgIpc) is 3.20. The van der Waals surface area contributed by atoms with Gasteiger partial charge in [-0.25, -0.2) is 4.79 Å². The van der Waals surface area contributed by atoms with Crippen LogP contribution in [0.1, 0.15) is 15.9 Å². The van der Waals surface area contributed by atoms with Crippen LogP contribution in [0.4, 0.5) is 0 Å². The van der Waals surface area contributed by atoms with Gasteiger partial charge in [-0.1, -0.05) is 30.3 Å². The fraction of sp³-hybridized carbons (Fsp3) is 0.0417. The van der Waals surface area contributed by atoms with Crippen molar-refractivity contribution in [3.05, 3.63) is 107 Å². The van der Waals surface area contributed by atoms with Crippen LogP contribution < -0.4 is 10.4 Å². The van der Waals surface area contributed by atoms with E-state index in [1.54, 1.807) is 62.1 Å². The summed E-state index contributed by atoms with van der Waals surface area (Å²) in [7, 11) is 1.61. The Morgan fingerprint density at radius 2 is 1.93 bits per heavy atom. The predicted molar refractivity (Wildman–Crippen MR) is 116 cm³/mol. The van der Waals surface area contributed by atoms with Crippen LogP contribution in [-0.2, 0) is 0 Å². The molecule has 0 saturated heterocycles. The van der Waals surface area contributed by atoms with E-state index in [-0.39, 0.29) is 11.5 Å². The monoisotopic (exact) mass is 397 g/mol. The summed E-state index contributed by atoms with van der Waals surface area (Å²) in [5.41, 5.74) is 3.17. The fourth-order valence-corrected chi connectivity index (χ4v) is 3.05. The second kappa shape index (κ2) is 8.45. The maximum absolute atomic E-state index is 12.6. The Balaban J connectivity index is 1.58. The molecule has 6 nitrogen and oxygen atoms in total. The lowest BCUT2D eigenvalue weighted by Crippen LogP contribution is -2.14. The molecule has 0 aliphatic rings. The van der Waals surface area contributed by atoms with Crippen molar-refractivity contribution >= 4 is 11.9 Å². The van der Waals surface area contributed by atoms with Crippen molar-refractivity contribution in [1.82, 2.24) is 14.5 Å². The van der Waals surface area contributed by atoms with Crippen LogP contribution in [0.2, 0.25) is 0 Å². The summed E-state index contributed by atoms with van der Waals surface area (Å²) in [6.45, 7) is 0. The van der Waals surface area contributed by atoms with Crippen molar-refractivity contribution in [2.24, 2.45) is 0 Å². The molecular weight excluding hydrogens is 378 g/mol. The van der Waals surface area contributed by atoms with Crippen LogP contribution in [0, 0.1) is 0 Å². The highest BCUT2D eigenvalue weighted by atomic mass is 16.5. The quantitative estimate of drug-likeness (QED) is 0.392. The number of methoxy groups -OCH3 is 1. The topological polar surface area (TPSA) is 77.0 Å². The third-order valence-corrected chi connectivity index (χ3v) is 4.64. The van der Waals surface area contributed by atoms with E-state index in [4.69, 9.17) is 4.74 Å². The molecular formula is C24H19N3O3. The Labute approximate surface area is 173 Å². The number of ether oxygens (including phenoxy) is 1. The van der Waals surface area contributed by atoms with E-state index in [1.165, 1.54) is 10.6 Å². The predicted octanol–water partition coefficient (Wildman–Crippen LogP) is 4.13. The second-order valence-electron chi connectivity index (χ2n) is 6.61. The molecule has 148 valence electrons. The van der Waals surface area contributed by atoms with Crippen LogP contribution in [-0.4, -0.2) is 27.4 Å². The molecule has 30 heavy (non-hydrogen) atoms. The van der Waals surface area contributed by atoms with Gasteiger partial charge < -0.3 is 9.72 Å². The Bertz CT molecular complexity index is 1250. The third-order valence-electron chi connectivity index (χ3n) is 4.64. The number of allylic oxidation sites excluding steroid dienone is 1. The van der Waals surface area contributed by atoms with E-state index in [0.29, 0.717) is 16.9 Å². The summed E-state index contributed by atoms with van der Waals surface area (Å²) in [6, 6.07) is 18.1. The number of benzene rings is 2. The van der Waals surface area contributed by atoms with Crippen LogP contribution in [0.25, 0.3) is 23.0 Å². The molecule has 1 N–H and O–H groups in total. The fourth-order valence-electron chi connectivity index (χ4n) is 3.05. The second-order valence-corrected chi connectivity index (χ2v) is 6.61. The summed E-state index contributed by atoms with van der Waals surface area (Å²) in [5.74, 6) is 0.609. The lowest BCUT2D eigenvalue weighted by molar-refractivity contribution is 0.104. The van der Waals surface area contributed by atoms with Crippen LogP contribution in [0.3, 0.4) is 0 Å². The number of nitrogens with zero attached hydrogens (tertiary/aromatic N) is 2. The normalized spacial score (nSPS) is 11.0. The number of aromatic nitrogens is 3. The first-order chi connectivity index (χ1) is 14.6. The molecule has 0 saturated carbocycles. The SMILES string of the molecule is COc1ccc(/C=C/C(=O)c2cccc(-n3cc(-c4cccnc4)[nH]c3=O)c2)cc1. The molecule has 4 rings (SSSR count). The van der Waals surface area contributed by atoms with Gasteiger partial charge in [0.2, 0.25) is 0 Å². The van der Waals surface area contributed by atoms with Gasteiger partial charge in [-0.2, -0.15) is 0 Å². The smallest absolute Gasteiger partial charge is 0.330 e. The van der Waals surface area contributed by atoms with Gasteiger partial charge in [0.15, 0.2) is 5.78 Å². The summed E-state index contributed by atoms with van der Waals surface area (Å²) >= 11 is 0. The highest BCUT2D eigenvalue weighted by Gasteiger charge is 2.09. The van der Waals surface area contributed by atoms with Crippen molar-refractivity contribution in [1.29, 1.82) is 0 Å². The number of imidazole rings is 1. The molecule has 0 aliphatic carbocycles. The Kier molecular flexibility index (Phi) is 5.39. The molecule has 0 amide bonds. The molecule has 0 bridgehead atoms. The van der Waals surface area contributed by atoms with E-state index >= 15 is 0 Å². The number of ketones is 1. The van der Waals surface area contributed by atoms with Gasteiger partial charge in [0, 0.05) is 29.7 Å². The molecule has 0 atom stereocenters. The van der Waals surface area contributed by atoms with Crippen molar-refractivity contribution in [3.8, 4) is 22.7 Å². The number of rotatable bonds is 6. The molecule has 4 aromatic rings. The van der Waals surface area contributed by atoms with Crippen molar-refractivity contribution in [3.63, 3.8) is 0 Å². The molecule has 2 aromatic heterocycles. The van der Waals surface area contributed by atoms with Crippen LogP contribution in [0.15, 0.2) is 90.1 Å².